The number of anilines is 1. The van der Waals surface area contributed by atoms with Gasteiger partial charge < -0.3 is 14.5 Å². The number of benzene rings is 3. The molecule has 2 heterocycles. The first-order chi connectivity index (χ1) is 17.0. The summed E-state index contributed by atoms with van der Waals surface area (Å²) in [5.41, 5.74) is 2.52. The molecular weight excluding hydrogens is 443 g/mol. The van der Waals surface area contributed by atoms with Crippen LogP contribution in [0.1, 0.15) is 12.5 Å². The fourth-order valence-corrected chi connectivity index (χ4v) is 4.68. The molecule has 1 aliphatic heterocycles. The van der Waals surface area contributed by atoms with Gasteiger partial charge in [0.2, 0.25) is 5.91 Å². The van der Waals surface area contributed by atoms with Gasteiger partial charge in [-0.15, -0.1) is 10.2 Å². The number of rotatable bonds is 5. The highest BCUT2D eigenvalue weighted by Crippen LogP contribution is 2.32. The first-order valence-corrected chi connectivity index (χ1v) is 11.7. The molecule has 4 aromatic rings. The Morgan fingerprint density at radius 2 is 1.69 bits per heavy atom. The second kappa shape index (κ2) is 9.70. The molecular formula is C28H27FN4O2. The molecule has 7 heteroatoms. The van der Waals surface area contributed by atoms with Crippen molar-refractivity contribution in [2.45, 2.75) is 19.4 Å². The summed E-state index contributed by atoms with van der Waals surface area (Å²) in [5, 5.41) is 11.1. The van der Waals surface area contributed by atoms with E-state index in [-0.39, 0.29) is 17.8 Å². The molecule has 0 saturated carbocycles. The standard InChI is InChI=1S/C28H27FN4O2/c1-19-18-32(15-16-33(19)26(34)17-20-7-13-23(35-2)14-8-20)28-25-6-4-3-5-24(25)27(30-31-28)21-9-11-22(29)12-10-21/h3-14,19H,15-18H2,1-2H3/t19-/m0/s1. The largest absolute Gasteiger partial charge is 0.497 e. The van der Waals surface area contributed by atoms with Gasteiger partial charge in [-0.05, 0) is 48.9 Å². The summed E-state index contributed by atoms with van der Waals surface area (Å²) in [5.74, 6) is 1.42. The van der Waals surface area contributed by atoms with Gasteiger partial charge in [-0.25, -0.2) is 4.39 Å². The number of ether oxygens (including phenoxy) is 1. The number of aromatic nitrogens is 2. The van der Waals surface area contributed by atoms with E-state index in [9.17, 15) is 9.18 Å². The van der Waals surface area contributed by atoms with Crippen LogP contribution in [0.15, 0.2) is 72.8 Å². The third-order valence-corrected chi connectivity index (χ3v) is 6.55. The first kappa shape index (κ1) is 22.8. The monoisotopic (exact) mass is 470 g/mol. The van der Waals surface area contributed by atoms with Crippen LogP contribution >= 0.6 is 0 Å². The Labute approximate surface area is 204 Å². The van der Waals surface area contributed by atoms with Crippen LogP contribution in [0.2, 0.25) is 0 Å². The minimum absolute atomic E-state index is 0.0341. The van der Waals surface area contributed by atoms with Crippen LogP contribution in [0.4, 0.5) is 10.2 Å². The number of nitrogens with zero attached hydrogens (tertiary/aromatic N) is 4. The molecule has 0 aliphatic carbocycles. The lowest BCUT2D eigenvalue weighted by Gasteiger charge is -2.40. The van der Waals surface area contributed by atoms with Gasteiger partial charge in [-0.3, -0.25) is 4.79 Å². The van der Waals surface area contributed by atoms with Crippen molar-refractivity contribution in [3.8, 4) is 17.0 Å². The van der Waals surface area contributed by atoms with Crippen molar-refractivity contribution in [1.82, 2.24) is 15.1 Å². The number of hydrogen-bond donors (Lipinski definition) is 0. The van der Waals surface area contributed by atoms with E-state index in [1.807, 2.05) is 53.4 Å². The van der Waals surface area contributed by atoms with E-state index in [1.54, 1.807) is 19.2 Å². The normalized spacial score (nSPS) is 15.9. The van der Waals surface area contributed by atoms with Crippen LogP contribution in [0.3, 0.4) is 0 Å². The number of hydrogen-bond acceptors (Lipinski definition) is 5. The van der Waals surface area contributed by atoms with Gasteiger partial charge in [-0.2, -0.15) is 0 Å². The quantitative estimate of drug-likeness (QED) is 0.422. The molecule has 0 bridgehead atoms. The van der Waals surface area contributed by atoms with Crippen molar-refractivity contribution < 1.29 is 13.9 Å². The minimum atomic E-state index is -0.281. The van der Waals surface area contributed by atoms with Crippen LogP contribution in [-0.4, -0.2) is 53.8 Å². The number of piperazine rings is 1. The summed E-state index contributed by atoms with van der Waals surface area (Å²) in [6.07, 6.45) is 0.365. The molecule has 0 radical (unpaired) electrons. The number of methoxy groups -OCH3 is 1. The van der Waals surface area contributed by atoms with E-state index in [1.165, 1.54) is 12.1 Å². The van der Waals surface area contributed by atoms with E-state index in [0.717, 1.165) is 39.2 Å². The topological polar surface area (TPSA) is 58.6 Å². The van der Waals surface area contributed by atoms with Crippen molar-refractivity contribution in [1.29, 1.82) is 0 Å². The number of halogens is 1. The zero-order chi connectivity index (χ0) is 24.4. The maximum Gasteiger partial charge on any atom is 0.227 e. The molecule has 6 nitrogen and oxygen atoms in total. The first-order valence-electron chi connectivity index (χ1n) is 11.7. The highest BCUT2D eigenvalue weighted by atomic mass is 19.1. The summed E-state index contributed by atoms with van der Waals surface area (Å²) < 4.78 is 18.6. The predicted molar refractivity (Wildman–Crippen MR) is 135 cm³/mol. The summed E-state index contributed by atoms with van der Waals surface area (Å²) in [7, 11) is 1.63. The SMILES string of the molecule is COc1ccc(CC(=O)N2CCN(c3nnc(-c4ccc(F)cc4)c4ccccc34)C[C@@H]2C)cc1. The number of carbonyl (C=O) groups excluding carboxylic acids is 1. The average molecular weight is 471 g/mol. The smallest absolute Gasteiger partial charge is 0.227 e. The lowest BCUT2D eigenvalue weighted by Crippen LogP contribution is -2.54. The van der Waals surface area contributed by atoms with Gasteiger partial charge in [0.15, 0.2) is 5.82 Å². The van der Waals surface area contributed by atoms with Gasteiger partial charge in [-0.1, -0.05) is 36.4 Å². The Balaban J connectivity index is 1.35. The molecule has 178 valence electrons. The van der Waals surface area contributed by atoms with E-state index in [2.05, 4.69) is 22.0 Å². The summed E-state index contributed by atoms with van der Waals surface area (Å²) in [6.45, 7) is 4.03. The van der Waals surface area contributed by atoms with Crippen molar-refractivity contribution in [2.75, 3.05) is 31.6 Å². The maximum absolute atomic E-state index is 13.4. The number of fused-ring (bicyclic) bond motifs is 1. The summed E-state index contributed by atoms with van der Waals surface area (Å²) >= 11 is 0. The molecule has 35 heavy (non-hydrogen) atoms. The van der Waals surface area contributed by atoms with Crippen molar-refractivity contribution in [3.05, 3.63) is 84.2 Å². The highest BCUT2D eigenvalue weighted by Gasteiger charge is 2.29. The van der Waals surface area contributed by atoms with Crippen LogP contribution in [0, 0.1) is 5.82 Å². The predicted octanol–water partition coefficient (Wildman–Crippen LogP) is 4.72. The van der Waals surface area contributed by atoms with Crippen molar-refractivity contribution in [2.24, 2.45) is 0 Å². The van der Waals surface area contributed by atoms with Crippen LogP contribution in [0.5, 0.6) is 5.75 Å². The zero-order valence-electron chi connectivity index (χ0n) is 19.8. The van der Waals surface area contributed by atoms with E-state index in [0.29, 0.717) is 26.1 Å². The Morgan fingerprint density at radius 3 is 2.37 bits per heavy atom. The lowest BCUT2D eigenvalue weighted by molar-refractivity contribution is -0.132. The fraction of sp³-hybridized carbons (Fsp3) is 0.250. The van der Waals surface area contributed by atoms with Crippen LogP contribution < -0.4 is 9.64 Å². The third-order valence-electron chi connectivity index (χ3n) is 6.55. The van der Waals surface area contributed by atoms with Crippen LogP contribution in [0.25, 0.3) is 22.0 Å². The van der Waals surface area contributed by atoms with E-state index < -0.39 is 0 Å². The fourth-order valence-electron chi connectivity index (χ4n) is 4.68. The van der Waals surface area contributed by atoms with Crippen LogP contribution in [-0.2, 0) is 11.2 Å². The second-order valence-electron chi connectivity index (χ2n) is 8.83. The zero-order valence-corrected chi connectivity index (χ0v) is 19.8. The Hall–Kier alpha value is -4.00. The lowest BCUT2D eigenvalue weighted by atomic mass is 10.0. The third kappa shape index (κ3) is 4.67. The number of carbonyl (C=O) groups is 1. The van der Waals surface area contributed by atoms with E-state index >= 15 is 0 Å². The molecule has 1 amide bonds. The Morgan fingerprint density at radius 1 is 0.971 bits per heavy atom. The van der Waals surface area contributed by atoms with Gasteiger partial charge in [0, 0.05) is 42.0 Å². The second-order valence-corrected chi connectivity index (χ2v) is 8.83. The molecule has 0 spiro atoms. The van der Waals surface area contributed by atoms with Crippen molar-refractivity contribution in [3.63, 3.8) is 0 Å². The molecule has 3 aromatic carbocycles. The summed E-state index contributed by atoms with van der Waals surface area (Å²) in [6, 6.07) is 22.0. The molecule has 0 unspecified atom stereocenters. The van der Waals surface area contributed by atoms with E-state index in [4.69, 9.17) is 4.74 Å². The average Bonchev–Trinajstić information content (AvgIpc) is 2.89. The summed E-state index contributed by atoms with van der Waals surface area (Å²) in [4.78, 5) is 17.2. The molecule has 1 fully saturated rings. The molecule has 1 aliphatic rings. The minimum Gasteiger partial charge on any atom is -0.497 e. The number of amides is 1. The molecule has 1 aromatic heterocycles. The Bertz CT molecular complexity index is 1340. The van der Waals surface area contributed by atoms with Gasteiger partial charge in [0.25, 0.3) is 0 Å². The molecule has 1 saturated heterocycles. The maximum atomic E-state index is 13.4. The highest BCUT2D eigenvalue weighted by molar-refractivity contribution is 6.00. The van der Waals surface area contributed by atoms with Crippen molar-refractivity contribution >= 4 is 22.5 Å². The molecule has 0 N–H and O–H groups in total. The molecule has 1 atom stereocenters. The Kier molecular flexibility index (Phi) is 6.31. The molecule has 5 rings (SSSR count). The van der Waals surface area contributed by atoms with Gasteiger partial charge in [0.1, 0.15) is 17.3 Å². The van der Waals surface area contributed by atoms with Gasteiger partial charge in [0.05, 0.1) is 13.5 Å². The van der Waals surface area contributed by atoms with Gasteiger partial charge >= 0.3 is 0 Å².